The number of carbonyl (C=O) groups is 2. The molecule has 2 rings (SSSR count). The molecule has 6 nitrogen and oxygen atoms in total. The molecule has 0 aromatic heterocycles. The smallest absolute Gasteiger partial charge is 0.329 e. The SMILES string of the molecule is CCOC(=O)C1(C(=O)OCC)CC(CI)[N+]2(CCN(C)CC2)C1.[I-]. The van der Waals surface area contributed by atoms with E-state index in [1.807, 2.05) is 0 Å². The number of halogens is 2. The minimum absolute atomic E-state index is 0. The summed E-state index contributed by atoms with van der Waals surface area (Å²) in [5, 5.41) is 0. The molecule has 0 amide bonds. The standard InChI is InChI=1S/C16H28IN2O4.HI/c1-4-22-14(20)16(15(21)23-5-2)10-13(11-17)19(12-16)8-6-18(3)7-9-19;/h13H,4-12H2,1-3H3;1H/q+1;/p-1. The van der Waals surface area contributed by atoms with Crippen LogP contribution in [-0.2, 0) is 19.1 Å². The molecule has 2 heterocycles. The van der Waals surface area contributed by atoms with Crippen LogP contribution in [0.1, 0.15) is 20.3 Å². The zero-order chi connectivity index (χ0) is 17.1. The molecule has 1 atom stereocenters. The van der Waals surface area contributed by atoms with E-state index in [-0.39, 0.29) is 37.2 Å². The van der Waals surface area contributed by atoms with Crippen molar-refractivity contribution in [2.45, 2.75) is 26.3 Å². The zero-order valence-electron chi connectivity index (χ0n) is 14.7. The summed E-state index contributed by atoms with van der Waals surface area (Å²) in [7, 11) is 2.12. The Morgan fingerprint density at radius 1 is 1.17 bits per heavy atom. The van der Waals surface area contributed by atoms with Crippen LogP contribution >= 0.6 is 22.6 Å². The summed E-state index contributed by atoms with van der Waals surface area (Å²) in [6.07, 6.45) is 0.539. The molecule has 0 bridgehead atoms. The van der Waals surface area contributed by atoms with E-state index < -0.39 is 17.4 Å². The lowest BCUT2D eigenvalue weighted by atomic mass is 9.85. The third-order valence-corrected chi connectivity index (χ3v) is 6.32. The van der Waals surface area contributed by atoms with Crippen molar-refractivity contribution >= 4 is 34.5 Å². The first kappa shape index (κ1) is 22.4. The quantitative estimate of drug-likeness (QED) is 0.128. The first-order valence-corrected chi connectivity index (χ1v) is 9.91. The number of nitrogens with zero attached hydrogens (tertiary/aromatic N) is 2. The van der Waals surface area contributed by atoms with Crippen LogP contribution in [0.15, 0.2) is 0 Å². The van der Waals surface area contributed by atoms with Crippen molar-refractivity contribution in [3.05, 3.63) is 0 Å². The molecule has 0 aliphatic carbocycles. The van der Waals surface area contributed by atoms with Gasteiger partial charge in [0.2, 0.25) is 5.41 Å². The van der Waals surface area contributed by atoms with Gasteiger partial charge in [0, 0.05) is 19.5 Å². The number of ether oxygens (including phenoxy) is 2. The molecule has 0 saturated carbocycles. The molecule has 0 N–H and O–H groups in total. The molecule has 1 spiro atoms. The van der Waals surface area contributed by atoms with Gasteiger partial charge in [-0.3, -0.25) is 14.5 Å². The van der Waals surface area contributed by atoms with Crippen LogP contribution in [0.3, 0.4) is 0 Å². The number of esters is 2. The predicted octanol–water partition coefficient (Wildman–Crippen LogP) is -1.93. The van der Waals surface area contributed by atoms with Crippen molar-refractivity contribution < 1.29 is 47.5 Å². The number of quaternary nitrogens is 1. The highest BCUT2D eigenvalue weighted by atomic mass is 127. The van der Waals surface area contributed by atoms with E-state index >= 15 is 0 Å². The van der Waals surface area contributed by atoms with Gasteiger partial charge in [-0.05, 0) is 20.9 Å². The van der Waals surface area contributed by atoms with Gasteiger partial charge in [-0.15, -0.1) is 0 Å². The molecule has 0 aromatic rings. The molecule has 0 radical (unpaired) electrons. The van der Waals surface area contributed by atoms with Gasteiger partial charge < -0.3 is 37.9 Å². The second-order valence-corrected chi connectivity index (χ2v) is 7.54. The van der Waals surface area contributed by atoms with Crippen molar-refractivity contribution in [1.82, 2.24) is 4.90 Å². The molecule has 0 aromatic carbocycles. The second kappa shape index (κ2) is 9.31. The highest BCUT2D eigenvalue weighted by Gasteiger charge is 2.64. The van der Waals surface area contributed by atoms with E-state index in [1.165, 1.54) is 0 Å². The van der Waals surface area contributed by atoms with Crippen molar-refractivity contribution in [3.8, 4) is 0 Å². The van der Waals surface area contributed by atoms with Gasteiger partial charge in [0.05, 0.1) is 30.7 Å². The number of rotatable bonds is 5. The fourth-order valence-corrected chi connectivity index (χ4v) is 5.08. The Hall–Kier alpha value is 0.320. The molecule has 2 fully saturated rings. The first-order chi connectivity index (χ1) is 10.9. The maximum absolute atomic E-state index is 12.7. The van der Waals surface area contributed by atoms with Crippen LogP contribution in [0.4, 0.5) is 0 Å². The molecule has 2 saturated heterocycles. The van der Waals surface area contributed by atoms with Gasteiger partial charge in [-0.25, -0.2) is 0 Å². The van der Waals surface area contributed by atoms with E-state index in [4.69, 9.17) is 9.47 Å². The Bertz CT molecular complexity index is 435. The van der Waals surface area contributed by atoms with Crippen LogP contribution in [0, 0.1) is 5.41 Å². The molecule has 1 unspecified atom stereocenters. The second-order valence-electron chi connectivity index (χ2n) is 6.66. The van der Waals surface area contributed by atoms with Crippen molar-refractivity contribution in [3.63, 3.8) is 0 Å². The third-order valence-electron chi connectivity index (χ3n) is 5.31. The fourth-order valence-electron chi connectivity index (χ4n) is 3.93. The van der Waals surface area contributed by atoms with Gasteiger partial charge in [-0.2, -0.15) is 0 Å². The summed E-state index contributed by atoms with van der Waals surface area (Å²) in [6.45, 7) is 8.60. The summed E-state index contributed by atoms with van der Waals surface area (Å²) < 4.78 is 12.3. The Morgan fingerprint density at radius 3 is 2.08 bits per heavy atom. The van der Waals surface area contributed by atoms with Crippen LogP contribution in [0.2, 0.25) is 0 Å². The minimum atomic E-state index is -1.13. The summed E-state index contributed by atoms with van der Waals surface area (Å²) >= 11 is 2.38. The van der Waals surface area contributed by atoms with Gasteiger partial charge in [0.1, 0.15) is 12.6 Å². The average Bonchev–Trinajstić information content (AvgIpc) is 2.87. The zero-order valence-corrected chi connectivity index (χ0v) is 19.0. The summed E-state index contributed by atoms with van der Waals surface area (Å²) in [5.41, 5.74) is -1.13. The minimum Gasteiger partial charge on any atom is -1.00 e. The lowest BCUT2D eigenvalue weighted by Gasteiger charge is -2.45. The first-order valence-electron chi connectivity index (χ1n) is 8.39. The number of hydrogen-bond acceptors (Lipinski definition) is 5. The highest BCUT2D eigenvalue weighted by molar-refractivity contribution is 14.1. The summed E-state index contributed by atoms with van der Waals surface area (Å²) in [4.78, 5) is 27.7. The maximum Gasteiger partial charge on any atom is 0.329 e. The Balaban J connectivity index is 0.00000288. The van der Waals surface area contributed by atoms with E-state index in [9.17, 15) is 9.59 Å². The molecule has 2 aliphatic heterocycles. The molecular weight excluding hydrogens is 538 g/mol. The number of likely N-dealkylation sites (N-methyl/N-ethyl adjacent to an activating group) is 1. The van der Waals surface area contributed by atoms with Crippen LogP contribution < -0.4 is 24.0 Å². The van der Waals surface area contributed by atoms with Gasteiger partial charge in [-0.1, -0.05) is 22.6 Å². The fraction of sp³-hybridized carbons (Fsp3) is 0.875. The topological polar surface area (TPSA) is 55.8 Å². The third kappa shape index (κ3) is 4.17. The van der Waals surface area contributed by atoms with Crippen molar-refractivity contribution in [1.29, 1.82) is 0 Å². The molecule has 140 valence electrons. The van der Waals surface area contributed by atoms with Crippen LogP contribution in [0.5, 0.6) is 0 Å². The van der Waals surface area contributed by atoms with Gasteiger partial charge >= 0.3 is 11.9 Å². The molecule has 24 heavy (non-hydrogen) atoms. The monoisotopic (exact) mass is 566 g/mol. The number of piperazine rings is 1. The molecule has 2 aliphatic rings. The van der Waals surface area contributed by atoms with Gasteiger partial charge in [0.25, 0.3) is 0 Å². The summed E-state index contributed by atoms with van der Waals surface area (Å²) in [6, 6.07) is 0.304. The summed E-state index contributed by atoms with van der Waals surface area (Å²) in [5.74, 6) is -0.801. The molecular formula is C16H28I2N2O4. The van der Waals surface area contributed by atoms with E-state index in [2.05, 4.69) is 34.5 Å². The van der Waals surface area contributed by atoms with Crippen molar-refractivity contribution in [2.75, 3.05) is 57.4 Å². The maximum atomic E-state index is 12.7. The van der Waals surface area contributed by atoms with E-state index in [1.54, 1.807) is 13.8 Å². The van der Waals surface area contributed by atoms with E-state index in [0.29, 0.717) is 19.0 Å². The van der Waals surface area contributed by atoms with Crippen molar-refractivity contribution in [2.24, 2.45) is 5.41 Å². The normalized spacial score (nSPS) is 25.1. The average molecular weight is 566 g/mol. The lowest BCUT2D eigenvalue weighted by Crippen LogP contribution is -3.00. The Morgan fingerprint density at radius 2 is 1.67 bits per heavy atom. The Labute approximate surface area is 175 Å². The van der Waals surface area contributed by atoms with Crippen LogP contribution in [-0.4, -0.2) is 84.8 Å². The predicted molar refractivity (Wildman–Crippen MR) is 95.3 cm³/mol. The highest BCUT2D eigenvalue weighted by Crippen LogP contribution is 2.44. The van der Waals surface area contributed by atoms with Crippen LogP contribution in [0.25, 0.3) is 0 Å². The van der Waals surface area contributed by atoms with Gasteiger partial charge in [0.15, 0.2) is 0 Å². The number of hydrogen-bond donors (Lipinski definition) is 0. The number of alkyl halides is 1. The number of carbonyl (C=O) groups excluding carboxylic acids is 2. The van der Waals surface area contributed by atoms with E-state index in [0.717, 1.165) is 35.1 Å². The lowest BCUT2D eigenvalue weighted by molar-refractivity contribution is -0.941. The molecule has 8 heteroatoms. The Kier molecular flexibility index (Phi) is 8.68. The largest absolute Gasteiger partial charge is 1.00 e.